The topological polar surface area (TPSA) is 49.3 Å². The molecule has 11 heavy (non-hydrogen) atoms. The molecule has 4 heteroatoms. The molecule has 0 spiro atoms. The Bertz CT molecular complexity index is 260. The van der Waals surface area contributed by atoms with Crippen molar-refractivity contribution in [1.29, 1.82) is 0 Å². The number of rotatable bonds is 1. The predicted molar refractivity (Wildman–Crippen MR) is 42.8 cm³/mol. The largest absolute Gasteiger partial charge is 0.503 e. The summed E-state index contributed by atoms with van der Waals surface area (Å²) < 4.78 is 0. The van der Waals surface area contributed by atoms with Gasteiger partial charge in [-0.05, 0) is 6.92 Å². The fourth-order valence-corrected chi connectivity index (χ4v) is 0.781. The van der Waals surface area contributed by atoms with Gasteiger partial charge in [-0.15, -0.1) is 0 Å². The van der Waals surface area contributed by atoms with Gasteiger partial charge in [-0.3, -0.25) is 0 Å². The number of aromatic hydroxyl groups is 1. The van der Waals surface area contributed by atoms with Crippen molar-refractivity contribution in [2.24, 2.45) is 0 Å². The van der Waals surface area contributed by atoms with Crippen LogP contribution in [0.4, 0.5) is 5.82 Å². The highest BCUT2D eigenvalue weighted by molar-refractivity contribution is 5.48. The molecule has 0 atom stereocenters. The lowest BCUT2D eigenvalue weighted by Crippen LogP contribution is -2.11. The molecule has 0 radical (unpaired) electrons. The Morgan fingerprint density at radius 3 is 2.55 bits per heavy atom. The highest BCUT2D eigenvalue weighted by Crippen LogP contribution is 2.20. The van der Waals surface area contributed by atoms with Crippen molar-refractivity contribution in [3.8, 4) is 5.75 Å². The minimum Gasteiger partial charge on any atom is -0.503 e. The first-order chi connectivity index (χ1) is 5.11. The van der Waals surface area contributed by atoms with E-state index in [0.717, 1.165) is 0 Å². The lowest BCUT2D eigenvalue weighted by molar-refractivity contribution is 0.469. The molecule has 1 aromatic rings. The molecule has 0 saturated carbocycles. The van der Waals surface area contributed by atoms with E-state index in [4.69, 9.17) is 0 Å². The maximum absolute atomic E-state index is 9.24. The standard InChI is InChI=1S/C7H11N3O/c1-5-8-4-6(11)7(9-5)10(2)3/h4,11H,1-3H3. The molecule has 0 unspecified atom stereocenters. The summed E-state index contributed by atoms with van der Waals surface area (Å²) in [5.41, 5.74) is 0. The number of nitrogens with zero attached hydrogens (tertiary/aromatic N) is 3. The van der Waals surface area contributed by atoms with Crippen LogP contribution >= 0.6 is 0 Å². The molecule has 0 aliphatic carbocycles. The summed E-state index contributed by atoms with van der Waals surface area (Å²) in [5, 5.41) is 9.24. The van der Waals surface area contributed by atoms with Gasteiger partial charge >= 0.3 is 0 Å². The van der Waals surface area contributed by atoms with E-state index in [9.17, 15) is 5.11 Å². The summed E-state index contributed by atoms with van der Waals surface area (Å²) in [5.74, 6) is 1.32. The SMILES string of the molecule is Cc1ncc(O)c(N(C)C)n1. The molecular weight excluding hydrogens is 142 g/mol. The molecule has 0 fully saturated rings. The van der Waals surface area contributed by atoms with Gasteiger partial charge in [-0.1, -0.05) is 0 Å². The number of aromatic nitrogens is 2. The minimum absolute atomic E-state index is 0.112. The van der Waals surface area contributed by atoms with Gasteiger partial charge in [0.1, 0.15) is 5.82 Å². The van der Waals surface area contributed by atoms with Crippen LogP contribution in [-0.4, -0.2) is 29.2 Å². The van der Waals surface area contributed by atoms with Crippen LogP contribution < -0.4 is 4.90 Å². The van der Waals surface area contributed by atoms with Gasteiger partial charge in [0.2, 0.25) is 0 Å². The van der Waals surface area contributed by atoms with Gasteiger partial charge in [0.15, 0.2) is 11.6 Å². The van der Waals surface area contributed by atoms with Crippen LogP contribution in [0, 0.1) is 6.92 Å². The lowest BCUT2D eigenvalue weighted by atomic mass is 10.5. The zero-order valence-electron chi connectivity index (χ0n) is 6.87. The molecule has 1 N–H and O–H groups in total. The monoisotopic (exact) mass is 153 g/mol. The summed E-state index contributed by atoms with van der Waals surface area (Å²) >= 11 is 0. The fourth-order valence-electron chi connectivity index (χ4n) is 0.781. The van der Waals surface area contributed by atoms with Gasteiger partial charge in [0.25, 0.3) is 0 Å². The molecule has 1 aromatic heterocycles. The Kier molecular flexibility index (Phi) is 1.94. The lowest BCUT2D eigenvalue weighted by Gasteiger charge is -2.12. The zero-order valence-corrected chi connectivity index (χ0v) is 6.87. The van der Waals surface area contributed by atoms with Crippen molar-refractivity contribution < 1.29 is 5.11 Å². The zero-order chi connectivity index (χ0) is 8.43. The molecule has 0 bridgehead atoms. The first kappa shape index (κ1) is 7.78. The average Bonchev–Trinajstić information content (AvgIpc) is 1.94. The van der Waals surface area contributed by atoms with Crippen molar-refractivity contribution in [1.82, 2.24) is 9.97 Å². The van der Waals surface area contributed by atoms with Crippen molar-refractivity contribution in [3.63, 3.8) is 0 Å². The smallest absolute Gasteiger partial charge is 0.177 e. The first-order valence-corrected chi connectivity index (χ1v) is 3.31. The molecule has 1 rings (SSSR count). The van der Waals surface area contributed by atoms with E-state index >= 15 is 0 Å². The highest BCUT2D eigenvalue weighted by atomic mass is 16.3. The molecule has 1 heterocycles. The second-order valence-electron chi connectivity index (χ2n) is 2.52. The molecule has 4 nitrogen and oxygen atoms in total. The summed E-state index contributed by atoms with van der Waals surface area (Å²) in [6.07, 6.45) is 1.40. The summed E-state index contributed by atoms with van der Waals surface area (Å²) in [6.45, 7) is 1.78. The van der Waals surface area contributed by atoms with Crippen molar-refractivity contribution in [2.45, 2.75) is 6.92 Å². The van der Waals surface area contributed by atoms with Gasteiger partial charge < -0.3 is 10.0 Å². The van der Waals surface area contributed by atoms with Gasteiger partial charge in [0, 0.05) is 14.1 Å². The van der Waals surface area contributed by atoms with E-state index in [1.54, 1.807) is 11.8 Å². The van der Waals surface area contributed by atoms with Crippen molar-refractivity contribution in [3.05, 3.63) is 12.0 Å². The van der Waals surface area contributed by atoms with E-state index in [-0.39, 0.29) is 5.75 Å². The van der Waals surface area contributed by atoms with Crippen LogP contribution in [0.25, 0.3) is 0 Å². The minimum atomic E-state index is 0.112. The third kappa shape index (κ3) is 1.58. The third-order valence-electron chi connectivity index (χ3n) is 1.29. The molecule has 0 aliphatic heterocycles. The Hall–Kier alpha value is -1.32. The molecule has 0 aromatic carbocycles. The summed E-state index contributed by atoms with van der Waals surface area (Å²) in [4.78, 5) is 9.61. The van der Waals surface area contributed by atoms with E-state index in [1.165, 1.54) is 6.20 Å². The molecular formula is C7H11N3O. The number of anilines is 1. The first-order valence-electron chi connectivity index (χ1n) is 3.31. The maximum atomic E-state index is 9.24. The Balaban J connectivity index is 3.13. The Morgan fingerprint density at radius 1 is 1.45 bits per heavy atom. The maximum Gasteiger partial charge on any atom is 0.177 e. The van der Waals surface area contributed by atoms with Crippen LogP contribution in [0.3, 0.4) is 0 Å². The van der Waals surface area contributed by atoms with Crippen LogP contribution in [-0.2, 0) is 0 Å². The third-order valence-corrected chi connectivity index (χ3v) is 1.29. The van der Waals surface area contributed by atoms with Gasteiger partial charge in [0.05, 0.1) is 6.20 Å². The molecule has 60 valence electrons. The van der Waals surface area contributed by atoms with Crippen LogP contribution in [0.2, 0.25) is 0 Å². The molecule has 0 amide bonds. The second kappa shape index (κ2) is 2.74. The van der Waals surface area contributed by atoms with Crippen LogP contribution in [0.15, 0.2) is 6.20 Å². The van der Waals surface area contributed by atoms with E-state index in [1.807, 2.05) is 14.1 Å². The number of aryl methyl sites for hydroxylation is 1. The van der Waals surface area contributed by atoms with Crippen molar-refractivity contribution in [2.75, 3.05) is 19.0 Å². The van der Waals surface area contributed by atoms with Crippen LogP contribution in [0.1, 0.15) is 5.82 Å². The van der Waals surface area contributed by atoms with Crippen LogP contribution in [0.5, 0.6) is 5.75 Å². The van der Waals surface area contributed by atoms with E-state index in [0.29, 0.717) is 11.6 Å². The molecule has 0 aliphatic rings. The highest BCUT2D eigenvalue weighted by Gasteiger charge is 2.04. The number of hydrogen-bond acceptors (Lipinski definition) is 4. The van der Waals surface area contributed by atoms with Gasteiger partial charge in [-0.2, -0.15) is 0 Å². The fraction of sp³-hybridized carbons (Fsp3) is 0.429. The predicted octanol–water partition coefficient (Wildman–Crippen LogP) is 0.557. The Labute approximate surface area is 65.5 Å². The second-order valence-corrected chi connectivity index (χ2v) is 2.52. The van der Waals surface area contributed by atoms with E-state index in [2.05, 4.69) is 9.97 Å². The molecule has 0 saturated heterocycles. The summed E-state index contributed by atoms with van der Waals surface area (Å²) in [6, 6.07) is 0. The van der Waals surface area contributed by atoms with Gasteiger partial charge in [-0.25, -0.2) is 9.97 Å². The number of hydrogen-bond donors (Lipinski definition) is 1. The summed E-state index contributed by atoms with van der Waals surface area (Å²) in [7, 11) is 3.64. The normalized spacial score (nSPS) is 9.73. The quantitative estimate of drug-likeness (QED) is 0.640. The van der Waals surface area contributed by atoms with E-state index < -0.39 is 0 Å². The average molecular weight is 153 g/mol. The van der Waals surface area contributed by atoms with Crippen molar-refractivity contribution >= 4 is 5.82 Å². The Morgan fingerprint density at radius 2 is 2.09 bits per heavy atom.